The van der Waals surface area contributed by atoms with Crippen LogP contribution in [0.3, 0.4) is 0 Å². The number of aliphatic imine (C=N–C) groups is 1. The largest absolute Gasteiger partial charge is 0.417 e. The number of carbonyl (C=O) groups is 1. The fourth-order valence-electron chi connectivity index (χ4n) is 3.30. The summed E-state index contributed by atoms with van der Waals surface area (Å²) >= 11 is 1.43. The molecule has 11 heteroatoms. The van der Waals surface area contributed by atoms with Gasteiger partial charge in [0, 0.05) is 30.1 Å². The predicted molar refractivity (Wildman–Crippen MR) is 136 cm³/mol. The molecule has 1 heterocycles. The van der Waals surface area contributed by atoms with E-state index in [0.29, 0.717) is 17.0 Å². The summed E-state index contributed by atoms with van der Waals surface area (Å²) in [5, 5.41) is 2.59. The van der Waals surface area contributed by atoms with Crippen LogP contribution in [0, 0.1) is 5.82 Å². The number of benzene rings is 2. The minimum absolute atomic E-state index is 0.266. The predicted octanol–water partition coefficient (Wildman–Crippen LogP) is 5.53. The second kappa shape index (κ2) is 11.8. The van der Waals surface area contributed by atoms with Gasteiger partial charge in [-0.1, -0.05) is 42.3 Å². The lowest BCUT2D eigenvalue weighted by atomic mass is 9.99. The van der Waals surface area contributed by atoms with Crippen molar-refractivity contribution in [1.82, 2.24) is 9.71 Å². The van der Waals surface area contributed by atoms with Crippen LogP contribution in [0.4, 0.5) is 23.2 Å². The molecule has 1 aromatic heterocycles. The van der Waals surface area contributed by atoms with E-state index in [9.17, 15) is 22.4 Å². The average molecular weight is 518 g/mol. The molecule has 0 bridgehead atoms. The van der Waals surface area contributed by atoms with E-state index in [4.69, 9.17) is 5.73 Å². The number of carbonyl (C=O) groups excluding carboxylic acids is 1. The highest BCUT2D eigenvalue weighted by molar-refractivity contribution is 7.96. The van der Waals surface area contributed by atoms with Crippen LogP contribution in [0.2, 0.25) is 0 Å². The van der Waals surface area contributed by atoms with Gasteiger partial charge < -0.3 is 11.1 Å². The summed E-state index contributed by atoms with van der Waals surface area (Å²) in [4.78, 5) is 21.3. The molecule has 0 aliphatic carbocycles. The van der Waals surface area contributed by atoms with Gasteiger partial charge in [0.1, 0.15) is 5.82 Å². The van der Waals surface area contributed by atoms with Crippen molar-refractivity contribution < 1.29 is 22.4 Å². The van der Waals surface area contributed by atoms with Crippen molar-refractivity contribution in [3.8, 4) is 11.3 Å². The Labute approximate surface area is 209 Å². The van der Waals surface area contributed by atoms with Crippen molar-refractivity contribution in [3.63, 3.8) is 0 Å². The number of amides is 1. The molecule has 0 saturated heterocycles. The molecule has 6 nitrogen and oxygen atoms in total. The van der Waals surface area contributed by atoms with E-state index in [-0.39, 0.29) is 17.5 Å². The number of nitrogens with two attached hydrogens (primary N) is 1. The third-order valence-electron chi connectivity index (χ3n) is 4.98. The third kappa shape index (κ3) is 6.49. The molecule has 0 aliphatic heterocycles. The molecule has 0 spiro atoms. The van der Waals surface area contributed by atoms with Crippen molar-refractivity contribution in [1.29, 1.82) is 0 Å². The van der Waals surface area contributed by atoms with Crippen LogP contribution in [0.1, 0.15) is 27.2 Å². The van der Waals surface area contributed by atoms with Gasteiger partial charge in [0.2, 0.25) is 0 Å². The van der Waals surface area contributed by atoms with Gasteiger partial charge in [-0.25, -0.2) is 9.37 Å². The van der Waals surface area contributed by atoms with Gasteiger partial charge in [-0.15, -0.1) is 0 Å². The normalized spacial score (nSPS) is 12.2. The van der Waals surface area contributed by atoms with Gasteiger partial charge in [-0.05, 0) is 37.4 Å². The zero-order valence-electron chi connectivity index (χ0n) is 19.4. The molecule has 0 radical (unpaired) electrons. The molecular formula is C25H23F4N5OS. The lowest BCUT2D eigenvalue weighted by Gasteiger charge is -2.16. The Kier molecular flexibility index (Phi) is 8.83. The zero-order chi connectivity index (χ0) is 26.3. The van der Waals surface area contributed by atoms with Crippen molar-refractivity contribution in [2.24, 2.45) is 10.7 Å². The van der Waals surface area contributed by atoms with E-state index in [0.717, 1.165) is 17.8 Å². The number of aromatic nitrogens is 1. The van der Waals surface area contributed by atoms with Crippen molar-refractivity contribution in [3.05, 3.63) is 88.9 Å². The second-order valence-electron chi connectivity index (χ2n) is 7.42. The maximum Gasteiger partial charge on any atom is 0.417 e. The molecule has 36 heavy (non-hydrogen) atoms. The average Bonchev–Trinajstić information content (AvgIpc) is 2.86. The highest BCUT2D eigenvalue weighted by Crippen LogP contribution is 2.36. The van der Waals surface area contributed by atoms with Crippen LogP contribution in [-0.2, 0) is 11.9 Å². The molecule has 0 fully saturated rings. The summed E-state index contributed by atoms with van der Waals surface area (Å²) in [5.74, 6) is -1.73. The monoisotopic (exact) mass is 517 g/mol. The van der Waals surface area contributed by atoms with Gasteiger partial charge in [-0.3, -0.25) is 14.5 Å². The van der Waals surface area contributed by atoms with E-state index in [1.807, 2.05) is 6.07 Å². The summed E-state index contributed by atoms with van der Waals surface area (Å²) in [6.45, 7) is 0. The standard InChI is InChI=1S/C25H23F4N5OS/c1-31-11-10-21(30)17-12-18(20(26)13-19(17)25(27,28)29)24(35)34-22-9-8-16(14-36-32-2)33-23(22)15-6-4-3-5-7-15/h3-13,32H,14,30H2,1-2H3,(H,34,35). The molecule has 3 aromatic rings. The first-order valence-corrected chi connectivity index (χ1v) is 11.6. The maximum atomic E-state index is 14.8. The number of halogens is 4. The van der Waals surface area contributed by atoms with Crippen molar-refractivity contribution in [2.75, 3.05) is 19.4 Å². The molecule has 3 rings (SSSR count). The molecular weight excluding hydrogens is 494 g/mol. The number of anilines is 1. The number of pyridine rings is 1. The van der Waals surface area contributed by atoms with E-state index in [1.54, 1.807) is 43.4 Å². The molecule has 0 aliphatic rings. The van der Waals surface area contributed by atoms with E-state index >= 15 is 0 Å². The Hall–Kier alpha value is -3.70. The molecule has 4 N–H and O–H groups in total. The Morgan fingerprint density at radius 1 is 1.14 bits per heavy atom. The Morgan fingerprint density at radius 2 is 1.86 bits per heavy atom. The van der Waals surface area contributed by atoms with Crippen LogP contribution in [0.15, 0.2) is 65.7 Å². The first-order valence-electron chi connectivity index (χ1n) is 10.6. The minimum atomic E-state index is -4.89. The van der Waals surface area contributed by atoms with Crippen LogP contribution in [-0.4, -0.2) is 31.2 Å². The molecule has 1 amide bonds. The van der Waals surface area contributed by atoms with E-state index in [2.05, 4.69) is 20.0 Å². The highest BCUT2D eigenvalue weighted by Gasteiger charge is 2.35. The number of rotatable bonds is 8. The van der Waals surface area contributed by atoms with Gasteiger partial charge in [0.25, 0.3) is 5.91 Å². The Morgan fingerprint density at radius 3 is 2.50 bits per heavy atom. The first kappa shape index (κ1) is 26.9. The lowest BCUT2D eigenvalue weighted by Crippen LogP contribution is -2.19. The summed E-state index contributed by atoms with van der Waals surface area (Å²) in [7, 11) is 3.19. The Bertz CT molecular complexity index is 1290. The fourth-order valence-corrected chi connectivity index (χ4v) is 3.75. The minimum Gasteiger partial charge on any atom is -0.398 e. The van der Waals surface area contributed by atoms with Crippen molar-refractivity contribution in [2.45, 2.75) is 11.9 Å². The summed E-state index contributed by atoms with van der Waals surface area (Å²) in [6.07, 6.45) is -2.55. The third-order valence-corrected chi connectivity index (χ3v) is 5.71. The zero-order valence-corrected chi connectivity index (χ0v) is 20.2. The number of allylic oxidation sites excluding steroid dienone is 1. The Balaban J connectivity index is 2.06. The molecule has 0 saturated carbocycles. The topological polar surface area (TPSA) is 92.4 Å². The molecule has 0 atom stereocenters. The van der Waals surface area contributed by atoms with Crippen molar-refractivity contribution >= 4 is 35.5 Å². The number of hydrogen-bond donors (Lipinski definition) is 3. The van der Waals surface area contributed by atoms with Crippen LogP contribution in [0.5, 0.6) is 0 Å². The fraction of sp³-hybridized carbons (Fsp3) is 0.160. The van der Waals surface area contributed by atoms with Crippen LogP contribution < -0.4 is 15.8 Å². The number of alkyl halides is 3. The van der Waals surface area contributed by atoms with Gasteiger partial charge in [0.05, 0.1) is 34.0 Å². The van der Waals surface area contributed by atoms with E-state index in [1.165, 1.54) is 25.2 Å². The molecule has 188 valence electrons. The smallest absolute Gasteiger partial charge is 0.398 e. The first-order chi connectivity index (χ1) is 17.2. The lowest BCUT2D eigenvalue weighted by molar-refractivity contribution is -0.138. The SMILES string of the molecule is CN=CC=C(N)c1cc(C(=O)Nc2ccc(CSNC)nc2-c2ccccc2)c(F)cc1C(F)(F)F. The van der Waals surface area contributed by atoms with Crippen LogP contribution >= 0.6 is 11.9 Å². The summed E-state index contributed by atoms with van der Waals surface area (Å²) in [5.41, 5.74) is 5.18. The van der Waals surface area contributed by atoms with E-state index < -0.39 is 34.6 Å². The quantitative estimate of drug-likeness (QED) is 0.208. The maximum absolute atomic E-state index is 14.8. The number of nitrogens with one attached hydrogen (secondary N) is 2. The van der Waals surface area contributed by atoms with Gasteiger partial charge >= 0.3 is 6.18 Å². The summed E-state index contributed by atoms with van der Waals surface area (Å²) < 4.78 is 58.4. The number of nitrogens with zero attached hydrogens (tertiary/aromatic N) is 2. The molecule has 0 unspecified atom stereocenters. The highest BCUT2D eigenvalue weighted by atomic mass is 32.2. The summed E-state index contributed by atoms with van der Waals surface area (Å²) in [6, 6.07) is 13.4. The van der Waals surface area contributed by atoms with Gasteiger partial charge in [-0.2, -0.15) is 13.2 Å². The second-order valence-corrected chi connectivity index (χ2v) is 8.40. The number of hydrogen-bond acceptors (Lipinski definition) is 6. The molecule has 2 aromatic carbocycles. The van der Waals surface area contributed by atoms with Crippen LogP contribution in [0.25, 0.3) is 17.0 Å². The van der Waals surface area contributed by atoms with Gasteiger partial charge in [0.15, 0.2) is 0 Å².